The van der Waals surface area contributed by atoms with Gasteiger partial charge >= 0.3 is 0 Å². The van der Waals surface area contributed by atoms with E-state index in [-0.39, 0.29) is 12.5 Å². The number of aliphatic hydroxyl groups excluding tert-OH is 1. The van der Waals surface area contributed by atoms with Gasteiger partial charge in [-0.2, -0.15) is 0 Å². The maximum absolute atomic E-state index is 12.1. The molecule has 3 nitrogen and oxygen atoms in total. The molecule has 4 heteroatoms. The summed E-state index contributed by atoms with van der Waals surface area (Å²) in [5.74, 6) is 6.93. The zero-order valence-electron chi connectivity index (χ0n) is 11.9. The third kappa shape index (κ3) is 4.09. The molecule has 1 aromatic heterocycles. The fraction of sp³-hybridized carbons (Fsp3) is 0.562. The lowest BCUT2D eigenvalue weighted by molar-refractivity contribution is -0.131. The lowest BCUT2D eigenvalue weighted by atomic mass is 10.0. The summed E-state index contributed by atoms with van der Waals surface area (Å²) >= 11 is 1.65. The number of likely N-dealkylation sites (tertiary alicyclic amines) is 1. The Hall–Kier alpha value is -1.31. The lowest BCUT2D eigenvalue weighted by Crippen LogP contribution is -2.29. The standard InChI is InChI=1S/C16H21NO2S/c1-13-5-6-16(19)17(9-7-13)12-15-14(8-11-20-15)4-2-3-10-18/h8,11,13,18H,3,5-7,9-10,12H2,1H3. The van der Waals surface area contributed by atoms with Crippen molar-refractivity contribution in [2.24, 2.45) is 5.92 Å². The molecule has 1 fully saturated rings. The quantitative estimate of drug-likeness (QED) is 0.870. The van der Waals surface area contributed by atoms with E-state index in [1.165, 1.54) is 0 Å². The van der Waals surface area contributed by atoms with E-state index in [0.29, 0.717) is 25.3 Å². The van der Waals surface area contributed by atoms with Crippen LogP contribution < -0.4 is 0 Å². The number of aliphatic hydroxyl groups is 1. The second kappa shape index (κ2) is 7.47. The highest BCUT2D eigenvalue weighted by molar-refractivity contribution is 7.10. The first-order valence-electron chi connectivity index (χ1n) is 7.14. The van der Waals surface area contributed by atoms with Crippen molar-refractivity contribution in [2.75, 3.05) is 13.2 Å². The highest BCUT2D eigenvalue weighted by Gasteiger charge is 2.21. The topological polar surface area (TPSA) is 40.5 Å². The Morgan fingerprint density at radius 1 is 1.50 bits per heavy atom. The summed E-state index contributed by atoms with van der Waals surface area (Å²) in [6.45, 7) is 3.83. The third-order valence-corrected chi connectivity index (χ3v) is 4.54. The van der Waals surface area contributed by atoms with Gasteiger partial charge in [-0.15, -0.1) is 11.3 Å². The fourth-order valence-corrected chi connectivity index (χ4v) is 3.15. The molecule has 2 heterocycles. The molecule has 1 saturated heterocycles. The van der Waals surface area contributed by atoms with Crippen molar-refractivity contribution in [3.63, 3.8) is 0 Å². The highest BCUT2D eigenvalue weighted by atomic mass is 32.1. The Balaban J connectivity index is 2.04. The number of nitrogens with zero attached hydrogens (tertiary/aromatic N) is 1. The van der Waals surface area contributed by atoms with Crippen LogP contribution in [0.15, 0.2) is 11.4 Å². The minimum atomic E-state index is 0.0922. The summed E-state index contributed by atoms with van der Waals surface area (Å²) in [5, 5.41) is 10.8. The molecule has 0 radical (unpaired) electrons. The van der Waals surface area contributed by atoms with Crippen LogP contribution in [-0.4, -0.2) is 29.1 Å². The van der Waals surface area contributed by atoms with Crippen molar-refractivity contribution in [2.45, 2.75) is 39.2 Å². The smallest absolute Gasteiger partial charge is 0.222 e. The van der Waals surface area contributed by atoms with E-state index in [4.69, 9.17) is 5.11 Å². The van der Waals surface area contributed by atoms with Crippen molar-refractivity contribution in [3.05, 3.63) is 21.9 Å². The van der Waals surface area contributed by atoms with E-state index in [2.05, 4.69) is 18.8 Å². The average Bonchev–Trinajstić information content (AvgIpc) is 2.81. The van der Waals surface area contributed by atoms with E-state index in [1.807, 2.05) is 16.3 Å². The summed E-state index contributed by atoms with van der Waals surface area (Å²) in [6.07, 6.45) is 3.25. The Morgan fingerprint density at radius 2 is 2.35 bits per heavy atom. The number of rotatable bonds is 3. The molecule has 1 aliphatic rings. The van der Waals surface area contributed by atoms with Gasteiger partial charge in [-0.05, 0) is 30.2 Å². The number of carbonyl (C=O) groups excluding carboxylic acids is 1. The molecule has 1 atom stereocenters. The van der Waals surface area contributed by atoms with Crippen LogP contribution in [0, 0.1) is 17.8 Å². The Bertz CT molecular complexity index is 512. The van der Waals surface area contributed by atoms with Gasteiger partial charge in [0.2, 0.25) is 5.91 Å². The van der Waals surface area contributed by atoms with Gasteiger partial charge in [0.05, 0.1) is 13.2 Å². The van der Waals surface area contributed by atoms with Crippen molar-refractivity contribution in [1.29, 1.82) is 0 Å². The molecule has 0 aromatic carbocycles. The molecule has 0 bridgehead atoms. The van der Waals surface area contributed by atoms with Gasteiger partial charge < -0.3 is 10.0 Å². The van der Waals surface area contributed by atoms with Crippen molar-refractivity contribution >= 4 is 17.2 Å². The number of amides is 1. The zero-order chi connectivity index (χ0) is 14.4. The van der Waals surface area contributed by atoms with E-state index in [9.17, 15) is 4.79 Å². The van der Waals surface area contributed by atoms with E-state index >= 15 is 0 Å². The fourth-order valence-electron chi connectivity index (χ4n) is 2.30. The van der Waals surface area contributed by atoms with Crippen LogP contribution >= 0.6 is 11.3 Å². The van der Waals surface area contributed by atoms with Crippen molar-refractivity contribution < 1.29 is 9.90 Å². The van der Waals surface area contributed by atoms with Crippen LogP contribution in [0.3, 0.4) is 0 Å². The van der Waals surface area contributed by atoms with Crippen LogP contribution in [0.1, 0.15) is 43.0 Å². The van der Waals surface area contributed by atoms with Gasteiger partial charge in [0.25, 0.3) is 0 Å². The average molecular weight is 291 g/mol. The van der Waals surface area contributed by atoms with Crippen LogP contribution in [0.25, 0.3) is 0 Å². The summed E-state index contributed by atoms with van der Waals surface area (Å²) < 4.78 is 0. The van der Waals surface area contributed by atoms with Gasteiger partial charge in [0.15, 0.2) is 0 Å². The van der Waals surface area contributed by atoms with Crippen molar-refractivity contribution in [3.8, 4) is 11.8 Å². The predicted molar refractivity (Wildman–Crippen MR) is 81.3 cm³/mol. The third-order valence-electron chi connectivity index (χ3n) is 3.64. The first kappa shape index (κ1) is 15.1. The molecule has 1 aliphatic heterocycles. The van der Waals surface area contributed by atoms with E-state index < -0.39 is 0 Å². The molecule has 0 spiro atoms. The molecular weight excluding hydrogens is 270 g/mol. The number of hydrogen-bond donors (Lipinski definition) is 1. The van der Waals surface area contributed by atoms with Crippen LogP contribution in [-0.2, 0) is 11.3 Å². The predicted octanol–water partition coefficient (Wildman–Crippen LogP) is 2.63. The molecule has 0 aliphatic carbocycles. The summed E-state index contributed by atoms with van der Waals surface area (Å²) in [5.41, 5.74) is 0.994. The largest absolute Gasteiger partial charge is 0.395 e. The van der Waals surface area contributed by atoms with Gasteiger partial charge in [0.1, 0.15) is 0 Å². The zero-order valence-corrected chi connectivity index (χ0v) is 12.7. The normalized spacial score (nSPS) is 19.4. The SMILES string of the molecule is CC1CCC(=O)N(Cc2sccc2C#CCCO)CC1. The van der Waals surface area contributed by atoms with Gasteiger partial charge in [-0.25, -0.2) is 0 Å². The number of carbonyl (C=O) groups is 1. The summed E-state index contributed by atoms with van der Waals surface area (Å²) in [7, 11) is 0. The monoisotopic (exact) mass is 291 g/mol. The Labute approximate surface area is 124 Å². The summed E-state index contributed by atoms with van der Waals surface area (Å²) in [6, 6.07) is 2.00. The second-order valence-electron chi connectivity index (χ2n) is 5.28. The first-order chi connectivity index (χ1) is 9.70. The Morgan fingerprint density at radius 3 is 3.15 bits per heavy atom. The van der Waals surface area contributed by atoms with Crippen LogP contribution in [0.2, 0.25) is 0 Å². The molecule has 1 N–H and O–H groups in total. The maximum Gasteiger partial charge on any atom is 0.222 e. The van der Waals surface area contributed by atoms with Gasteiger partial charge in [-0.3, -0.25) is 4.79 Å². The minimum absolute atomic E-state index is 0.0922. The van der Waals surface area contributed by atoms with Crippen molar-refractivity contribution in [1.82, 2.24) is 4.90 Å². The molecule has 1 aromatic rings. The van der Waals surface area contributed by atoms with Gasteiger partial charge in [0, 0.05) is 29.8 Å². The minimum Gasteiger partial charge on any atom is -0.395 e. The molecular formula is C16H21NO2S. The molecule has 108 valence electrons. The van der Waals surface area contributed by atoms with Crippen LogP contribution in [0.5, 0.6) is 0 Å². The molecule has 1 unspecified atom stereocenters. The van der Waals surface area contributed by atoms with Gasteiger partial charge in [-0.1, -0.05) is 18.8 Å². The number of hydrogen-bond acceptors (Lipinski definition) is 3. The van der Waals surface area contributed by atoms with Crippen LogP contribution in [0.4, 0.5) is 0 Å². The summed E-state index contributed by atoms with van der Waals surface area (Å²) in [4.78, 5) is 15.2. The molecule has 20 heavy (non-hydrogen) atoms. The molecule has 0 saturated carbocycles. The maximum atomic E-state index is 12.1. The first-order valence-corrected chi connectivity index (χ1v) is 8.02. The molecule has 1 amide bonds. The Kier molecular flexibility index (Phi) is 5.63. The molecule has 2 rings (SSSR count). The van der Waals surface area contributed by atoms with E-state index in [1.54, 1.807) is 11.3 Å². The van der Waals surface area contributed by atoms with E-state index in [0.717, 1.165) is 29.8 Å². The number of thiophene rings is 1. The lowest BCUT2D eigenvalue weighted by Gasteiger charge is -2.20. The highest BCUT2D eigenvalue weighted by Crippen LogP contribution is 2.23. The second-order valence-corrected chi connectivity index (χ2v) is 6.28.